The molecule has 1 heteroatoms. The summed E-state index contributed by atoms with van der Waals surface area (Å²) < 4.78 is 0. The monoisotopic (exact) mass is 675 g/mol. The molecule has 1 spiro atoms. The summed E-state index contributed by atoms with van der Waals surface area (Å²) in [6.07, 6.45) is 0. The van der Waals surface area contributed by atoms with Crippen LogP contribution in [-0.4, -0.2) is 0 Å². The molecule has 0 radical (unpaired) electrons. The highest BCUT2D eigenvalue weighted by Gasteiger charge is 2.51. The number of nitrogens with zero attached hydrogens (tertiary/aromatic N) is 1. The Morgan fingerprint density at radius 3 is 1.47 bits per heavy atom. The van der Waals surface area contributed by atoms with Crippen molar-refractivity contribution >= 4 is 17.1 Å². The molecule has 8 aromatic rings. The highest BCUT2D eigenvalue weighted by atomic mass is 15.1. The molecule has 0 aromatic heterocycles. The van der Waals surface area contributed by atoms with E-state index in [0.29, 0.717) is 0 Å². The number of hydrogen-bond acceptors (Lipinski definition) is 1. The molecule has 3 aliphatic rings. The van der Waals surface area contributed by atoms with Gasteiger partial charge in [0.1, 0.15) is 0 Å². The first-order chi connectivity index (χ1) is 26.1. The van der Waals surface area contributed by atoms with Crippen molar-refractivity contribution in [2.45, 2.75) is 24.7 Å². The average molecular weight is 676 g/mol. The fourth-order valence-corrected chi connectivity index (χ4v) is 10.1. The molecular formula is C52H37N. The molecule has 8 aromatic carbocycles. The zero-order valence-corrected chi connectivity index (χ0v) is 29.8. The van der Waals surface area contributed by atoms with Crippen LogP contribution in [0.2, 0.25) is 0 Å². The molecule has 0 saturated carbocycles. The second kappa shape index (κ2) is 11.0. The van der Waals surface area contributed by atoms with Crippen molar-refractivity contribution < 1.29 is 0 Å². The van der Waals surface area contributed by atoms with Crippen molar-refractivity contribution in [3.05, 3.63) is 221 Å². The third-order valence-electron chi connectivity index (χ3n) is 12.3. The molecule has 0 aliphatic heterocycles. The highest BCUT2D eigenvalue weighted by molar-refractivity contribution is 6.00. The van der Waals surface area contributed by atoms with E-state index in [1.54, 1.807) is 0 Å². The Kier molecular flexibility index (Phi) is 6.29. The summed E-state index contributed by atoms with van der Waals surface area (Å²) in [4.78, 5) is 2.53. The van der Waals surface area contributed by atoms with Crippen LogP contribution in [0.3, 0.4) is 0 Å². The van der Waals surface area contributed by atoms with Gasteiger partial charge >= 0.3 is 0 Å². The minimum absolute atomic E-state index is 0.112. The van der Waals surface area contributed by atoms with Gasteiger partial charge in [0.25, 0.3) is 0 Å². The first kappa shape index (κ1) is 30.2. The number of benzene rings is 8. The van der Waals surface area contributed by atoms with Gasteiger partial charge in [0.05, 0.1) is 16.8 Å². The zero-order chi connectivity index (χ0) is 35.3. The van der Waals surface area contributed by atoms with Gasteiger partial charge < -0.3 is 4.90 Å². The largest absolute Gasteiger partial charge is 0.309 e. The van der Waals surface area contributed by atoms with Gasteiger partial charge in [-0.25, -0.2) is 0 Å². The van der Waals surface area contributed by atoms with Gasteiger partial charge in [-0.2, -0.15) is 0 Å². The normalized spacial score (nSPS) is 14.5. The third kappa shape index (κ3) is 3.97. The van der Waals surface area contributed by atoms with Crippen LogP contribution in [0.1, 0.15) is 47.2 Å². The van der Waals surface area contributed by atoms with Crippen molar-refractivity contribution in [1.82, 2.24) is 0 Å². The lowest BCUT2D eigenvalue weighted by atomic mass is 9.70. The second-order valence-electron chi connectivity index (χ2n) is 15.2. The van der Waals surface area contributed by atoms with Crippen molar-refractivity contribution in [1.29, 1.82) is 0 Å². The van der Waals surface area contributed by atoms with Gasteiger partial charge in [0, 0.05) is 22.2 Å². The van der Waals surface area contributed by atoms with E-state index in [1.807, 2.05) is 0 Å². The van der Waals surface area contributed by atoms with Gasteiger partial charge in [0.2, 0.25) is 0 Å². The summed E-state index contributed by atoms with van der Waals surface area (Å²) in [5.41, 5.74) is 21.5. The van der Waals surface area contributed by atoms with Crippen LogP contribution in [0, 0.1) is 0 Å². The second-order valence-corrected chi connectivity index (χ2v) is 15.2. The van der Waals surface area contributed by atoms with Crippen molar-refractivity contribution in [2.75, 3.05) is 4.90 Å². The fraction of sp³-hybridized carbons (Fsp3) is 0.0769. The number of para-hydroxylation sites is 1. The van der Waals surface area contributed by atoms with Gasteiger partial charge in [-0.05, 0) is 91.0 Å². The predicted octanol–water partition coefficient (Wildman–Crippen LogP) is 13.5. The Bertz CT molecular complexity index is 2720. The predicted molar refractivity (Wildman–Crippen MR) is 220 cm³/mol. The summed E-state index contributed by atoms with van der Waals surface area (Å²) >= 11 is 0. The van der Waals surface area contributed by atoms with Crippen molar-refractivity contribution in [3.63, 3.8) is 0 Å². The van der Waals surface area contributed by atoms with E-state index in [4.69, 9.17) is 0 Å². The standard InChI is InChI=1S/C52H37N/c1-51(2)42-24-11-9-23-40(42)50-47(51)28-16-30-49(50)53(48-29-15-10-19-36(48)34-17-4-3-5-18-34)35-31-32-46-41(33-35)39-22-8-14-27-45(39)52(46)43-25-12-6-20-37(43)38-21-7-13-26-44(38)52/h3-33H,1-2H3. The Morgan fingerprint density at radius 1 is 0.340 bits per heavy atom. The lowest BCUT2D eigenvalue weighted by Gasteiger charge is -2.32. The highest BCUT2D eigenvalue weighted by Crippen LogP contribution is 2.63. The molecule has 3 aliphatic carbocycles. The van der Waals surface area contributed by atoms with Crippen molar-refractivity contribution in [3.8, 4) is 44.5 Å². The molecule has 53 heavy (non-hydrogen) atoms. The van der Waals surface area contributed by atoms with Crippen LogP contribution >= 0.6 is 0 Å². The minimum Gasteiger partial charge on any atom is -0.309 e. The zero-order valence-electron chi connectivity index (χ0n) is 29.8. The van der Waals surface area contributed by atoms with E-state index in [9.17, 15) is 0 Å². The lowest BCUT2D eigenvalue weighted by molar-refractivity contribution is 0.660. The lowest BCUT2D eigenvalue weighted by Crippen LogP contribution is -2.25. The number of fused-ring (bicyclic) bond motifs is 13. The van der Waals surface area contributed by atoms with E-state index in [2.05, 4.69) is 207 Å². The van der Waals surface area contributed by atoms with Gasteiger partial charge in [-0.15, -0.1) is 0 Å². The molecule has 11 rings (SSSR count). The van der Waals surface area contributed by atoms with Crippen LogP contribution < -0.4 is 4.90 Å². The van der Waals surface area contributed by atoms with Crippen LogP contribution in [0.4, 0.5) is 17.1 Å². The molecule has 250 valence electrons. The van der Waals surface area contributed by atoms with Crippen LogP contribution in [-0.2, 0) is 10.8 Å². The molecule has 0 unspecified atom stereocenters. The molecule has 0 atom stereocenters. The molecule has 0 fully saturated rings. The smallest absolute Gasteiger partial charge is 0.0725 e. The van der Waals surface area contributed by atoms with Crippen LogP contribution in [0.25, 0.3) is 44.5 Å². The fourth-order valence-electron chi connectivity index (χ4n) is 10.1. The first-order valence-corrected chi connectivity index (χ1v) is 18.7. The molecule has 0 heterocycles. The maximum absolute atomic E-state index is 2.53. The van der Waals surface area contributed by atoms with Gasteiger partial charge in [-0.1, -0.05) is 178 Å². The summed E-state index contributed by atoms with van der Waals surface area (Å²) in [6, 6.07) is 70.1. The SMILES string of the molecule is CC1(C)c2ccccc2-c2c(N(c3ccc4c(c3)-c3ccccc3C43c4ccccc4-c4ccccc43)c3ccccc3-c3ccccc3)cccc21. The van der Waals surface area contributed by atoms with E-state index >= 15 is 0 Å². The van der Waals surface area contributed by atoms with Gasteiger partial charge in [0.15, 0.2) is 0 Å². The Labute approximate surface area is 311 Å². The Morgan fingerprint density at radius 2 is 0.811 bits per heavy atom. The van der Waals surface area contributed by atoms with E-state index in [0.717, 1.165) is 11.4 Å². The maximum atomic E-state index is 2.53. The number of anilines is 3. The third-order valence-corrected chi connectivity index (χ3v) is 12.3. The summed E-state index contributed by atoms with van der Waals surface area (Å²) in [7, 11) is 0. The van der Waals surface area contributed by atoms with Crippen molar-refractivity contribution in [2.24, 2.45) is 0 Å². The Hall–Kier alpha value is -6.44. The average Bonchev–Trinajstić information content (AvgIpc) is 3.77. The molecule has 0 saturated heterocycles. The maximum Gasteiger partial charge on any atom is 0.0725 e. The van der Waals surface area contributed by atoms with E-state index in [1.165, 1.54) is 83.6 Å². The van der Waals surface area contributed by atoms with Crippen LogP contribution in [0.5, 0.6) is 0 Å². The van der Waals surface area contributed by atoms with Gasteiger partial charge in [-0.3, -0.25) is 0 Å². The summed E-state index contributed by atoms with van der Waals surface area (Å²) in [6.45, 7) is 4.74. The van der Waals surface area contributed by atoms with E-state index < -0.39 is 0 Å². The quantitative estimate of drug-likeness (QED) is 0.179. The van der Waals surface area contributed by atoms with Crippen LogP contribution in [0.15, 0.2) is 188 Å². The molecule has 0 bridgehead atoms. The number of hydrogen-bond donors (Lipinski definition) is 0. The summed E-state index contributed by atoms with van der Waals surface area (Å²) in [5.74, 6) is 0. The summed E-state index contributed by atoms with van der Waals surface area (Å²) in [5, 5.41) is 0. The Balaban J connectivity index is 1.21. The first-order valence-electron chi connectivity index (χ1n) is 18.7. The molecule has 0 N–H and O–H groups in total. The van der Waals surface area contributed by atoms with E-state index in [-0.39, 0.29) is 10.8 Å². The topological polar surface area (TPSA) is 3.24 Å². The number of rotatable bonds is 4. The molecular weight excluding hydrogens is 639 g/mol. The minimum atomic E-state index is -0.374. The molecule has 0 amide bonds. The molecule has 1 nitrogen and oxygen atoms in total.